The van der Waals surface area contributed by atoms with E-state index in [2.05, 4.69) is 5.32 Å². The van der Waals surface area contributed by atoms with E-state index in [1.807, 2.05) is 6.92 Å². The summed E-state index contributed by atoms with van der Waals surface area (Å²) in [5, 5.41) is 12.4. The van der Waals surface area contributed by atoms with Crippen molar-refractivity contribution in [3.05, 3.63) is 34.6 Å². The largest absolute Gasteiger partial charge is 0.396 e. The molecule has 0 heterocycles. The van der Waals surface area contributed by atoms with E-state index >= 15 is 0 Å². The molecule has 1 rings (SSSR count). The highest BCUT2D eigenvalue weighted by molar-refractivity contribution is 6.30. The summed E-state index contributed by atoms with van der Waals surface area (Å²) >= 11 is 5.80. The van der Waals surface area contributed by atoms with Gasteiger partial charge in [-0.05, 0) is 37.1 Å². The van der Waals surface area contributed by atoms with Gasteiger partial charge in [0.05, 0.1) is 0 Å². The van der Waals surface area contributed by atoms with Crippen LogP contribution in [0.4, 0.5) is 4.39 Å². The number of rotatable bonds is 6. The standard InChI is InChI=1S/C12H18ClFN2O/c1-8(2-3-17)16-12(7-15)9-4-10(13)6-11(14)5-9/h4-6,8,12,16-17H,2-3,7,15H2,1H3. The molecule has 0 aromatic heterocycles. The molecule has 5 heteroatoms. The first-order chi connectivity index (χ1) is 8.06. The number of halogens is 2. The van der Waals surface area contributed by atoms with Crippen molar-refractivity contribution in [1.29, 1.82) is 0 Å². The van der Waals surface area contributed by atoms with E-state index in [4.69, 9.17) is 22.4 Å². The molecule has 0 saturated heterocycles. The fourth-order valence-electron chi connectivity index (χ4n) is 1.70. The minimum Gasteiger partial charge on any atom is -0.396 e. The molecule has 96 valence electrons. The van der Waals surface area contributed by atoms with Crippen LogP contribution in [0.3, 0.4) is 0 Å². The van der Waals surface area contributed by atoms with Crippen molar-refractivity contribution in [2.24, 2.45) is 5.73 Å². The van der Waals surface area contributed by atoms with E-state index in [0.717, 1.165) is 5.56 Å². The Kier molecular flexibility index (Phi) is 5.85. The lowest BCUT2D eigenvalue weighted by Gasteiger charge is -2.22. The van der Waals surface area contributed by atoms with Crippen LogP contribution in [0.5, 0.6) is 0 Å². The van der Waals surface area contributed by atoms with E-state index < -0.39 is 0 Å². The lowest BCUT2D eigenvalue weighted by atomic mass is 10.1. The molecule has 0 aliphatic heterocycles. The Morgan fingerprint density at radius 1 is 1.47 bits per heavy atom. The highest BCUT2D eigenvalue weighted by atomic mass is 35.5. The lowest BCUT2D eigenvalue weighted by Crippen LogP contribution is -2.35. The zero-order valence-electron chi connectivity index (χ0n) is 9.79. The van der Waals surface area contributed by atoms with Crippen LogP contribution < -0.4 is 11.1 Å². The first-order valence-corrected chi connectivity index (χ1v) is 5.97. The fraction of sp³-hybridized carbons (Fsp3) is 0.500. The molecule has 0 amide bonds. The van der Waals surface area contributed by atoms with Crippen LogP contribution in [0.2, 0.25) is 5.02 Å². The summed E-state index contributed by atoms with van der Waals surface area (Å²) in [4.78, 5) is 0. The normalized spacial score (nSPS) is 14.6. The quantitative estimate of drug-likeness (QED) is 0.732. The molecule has 0 aliphatic carbocycles. The van der Waals surface area contributed by atoms with Gasteiger partial charge in [-0.15, -0.1) is 0 Å². The maximum absolute atomic E-state index is 13.2. The number of nitrogens with two attached hydrogens (primary N) is 1. The number of benzene rings is 1. The molecule has 17 heavy (non-hydrogen) atoms. The minimum atomic E-state index is -0.373. The third-order valence-corrected chi connectivity index (χ3v) is 2.79. The van der Waals surface area contributed by atoms with Gasteiger partial charge in [0, 0.05) is 30.3 Å². The molecular weight excluding hydrogens is 243 g/mol. The fourth-order valence-corrected chi connectivity index (χ4v) is 1.93. The van der Waals surface area contributed by atoms with Gasteiger partial charge in [0.1, 0.15) is 5.82 Å². The SMILES string of the molecule is CC(CCO)NC(CN)c1cc(F)cc(Cl)c1. The van der Waals surface area contributed by atoms with Crippen molar-refractivity contribution in [2.75, 3.05) is 13.2 Å². The first-order valence-electron chi connectivity index (χ1n) is 5.59. The molecule has 1 aromatic carbocycles. The van der Waals surface area contributed by atoms with Crippen LogP contribution in [0.1, 0.15) is 24.9 Å². The molecule has 2 atom stereocenters. The van der Waals surface area contributed by atoms with Gasteiger partial charge in [-0.25, -0.2) is 4.39 Å². The average molecular weight is 261 g/mol. The Morgan fingerprint density at radius 3 is 2.71 bits per heavy atom. The van der Waals surface area contributed by atoms with E-state index in [9.17, 15) is 4.39 Å². The molecule has 0 saturated carbocycles. The second kappa shape index (κ2) is 6.91. The van der Waals surface area contributed by atoms with Crippen molar-refractivity contribution in [2.45, 2.75) is 25.4 Å². The predicted octanol–water partition coefficient (Wildman–Crippen LogP) is 1.84. The third-order valence-electron chi connectivity index (χ3n) is 2.57. The second-order valence-electron chi connectivity index (χ2n) is 4.07. The highest BCUT2D eigenvalue weighted by Crippen LogP contribution is 2.20. The van der Waals surface area contributed by atoms with E-state index in [1.165, 1.54) is 12.1 Å². The summed E-state index contributed by atoms with van der Waals surface area (Å²) < 4.78 is 13.2. The maximum Gasteiger partial charge on any atom is 0.125 e. The topological polar surface area (TPSA) is 58.3 Å². The zero-order valence-corrected chi connectivity index (χ0v) is 10.5. The molecule has 0 radical (unpaired) electrons. The van der Waals surface area contributed by atoms with Crippen molar-refractivity contribution >= 4 is 11.6 Å². The van der Waals surface area contributed by atoms with Crippen molar-refractivity contribution in [3.8, 4) is 0 Å². The summed E-state index contributed by atoms with van der Waals surface area (Å²) in [6.07, 6.45) is 0.625. The Hall–Kier alpha value is -0.680. The zero-order chi connectivity index (χ0) is 12.8. The van der Waals surface area contributed by atoms with Crippen molar-refractivity contribution in [3.63, 3.8) is 0 Å². The third kappa shape index (κ3) is 4.60. The van der Waals surface area contributed by atoms with Gasteiger partial charge in [-0.3, -0.25) is 0 Å². The van der Waals surface area contributed by atoms with Crippen LogP contribution in [0.15, 0.2) is 18.2 Å². The van der Waals surface area contributed by atoms with Crippen LogP contribution in [0, 0.1) is 5.82 Å². The first kappa shape index (κ1) is 14.4. The van der Waals surface area contributed by atoms with Gasteiger partial charge in [0.25, 0.3) is 0 Å². The van der Waals surface area contributed by atoms with E-state index in [1.54, 1.807) is 6.07 Å². The monoisotopic (exact) mass is 260 g/mol. The minimum absolute atomic E-state index is 0.107. The van der Waals surface area contributed by atoms with Gasteiger partial charge < -0.3 is 16.2 Å². The van der Waals surface area contributed by atoms with Gasteiger partial charge in [-0.1, -0.05) is 11.6 Å². The van der Waals surface area contributed by atoms with E-state index in [0.29, 0.717) is 18.0 Å². The van der Waals surface area contributed by atoms with Crippen LogP contribution in [-0.4, -0.2) is 24.3 Å². The Balaban J connectivity index is 2.78. The summed E-state index contributed by atoms with van der Waals surface area (Å²) in [7, 11) is 0. The van der Waals surface area contributed by atoms with Gasteiger partial charge in [-0.2, -0.15) is 0 Å². The van der Waals surface area contributed by atoms with Crippen molar-refractivity contribution < 1.29 is 9.50 Å². The maximum atomic E-state index is 13.2. The molecule has 0 bridgehead atoms. The second-order valence-corrected chi connectivity index (χ2v) is 4.51. The molecule has 0 aliphatic rings. The average Bonchev–Trinajstić information content (AvgIpc) is 2.24. The van der Waals surface area contributed by atoms with Crippen LogP contribution in [-0.2, 0) is 0 Å². The predicted molar refractivity (Wildman–Crippen MR) is 67.5 cm³/mol. The summed E-state index contributed by atoms with van der Waals surface area (Å²) in [6, 6.07) is 4.32. The molecule has 0 fully saturated rings. The summed E-state index contributed by atoms with van der Waals surface area (Å²) in [5.74, 6) is -0.373. The Morgan fingerprint density at radius 2 is 2.18 bits per heavy atom. The molecular formula is C12H18ClFN2O. The van der Waals surface area contributed by atoms with Crippen LogP contribution in [0.25, 0.3) is 0 Å². The van der Waals surface area contributed by atoms with E-state index in [-0.39, 0.29) is 24.5 Å². The molecule has 1 aromatic rings. The van der Waals surface area contributed by atoms with Crippen molar-refractivity contribution in [1.82, 2.24) is 5.32 Å². The van der Waals surface area contributed by atoms with Crippen LogP contribution >= 0.6 is 11.6 Å². The highest BCUT2D eigenvalue weighted by Gasteiger charge is 2.14. The molecule has 3 nitrogen and oxygen atoms in total. The molecule has 0 spiro atoms. The van der Waals surface area contributed by atoms with Gasteiger partial charge in [0.15, 0.2) is 0 Å². The molecule has 4 N–H and O–H groups in total. The molecule has 2 unspecified atom stereocenters. The van der Waals surface area contributed by atoms with Gasteiger partial charge >= 0.3 is 0 Å². The van der Waals surface area contributed by atoms with Gasteiger partial charge in [0.2, 0.25) is 0 Å². The number of aliphatic hydroxyl groups excluding tert-OH is 1. The summed E-state index contributed by atoms with van der Waals surface area (Å²) in [5.41, 5.74) is 6.38. The smallest absolute Gasteiger partial charge is 0.125 e. The number of aliphatic hydroxyl groups is 1. The Labute approximate surface area is 106 Å². The number of hydrogen-bond acceptors (Lipinski definition) is 3. The summed E-state index contributed by atoms with van der Waals surface area (Å²) in [6.45, 7) is 2.39. The Bertz CT molecular complexity index is 342. The lowest BCUT2D eigenvalue weighted by molar-refractivity contribution is 0.263. The number of nitrogens with one attached hydrogen (secondary N) is 1. The number of hydrogen-bond donors (Lipinski definition) is 3.